The lowest BCUT2D eigenvalue weighted by atomic mass is 10.2. The molecular weight excluding hydrogens is 148 g/mol. The molecule has 0 atom stereocenters. The molecule has 0 heterocycles. The fourth-order valence-electron chi connectivity index (χ4n) is 0.497. The van der Waals surface area contributed by atoms with Crippen molar-refractivity contribution in [3.05, 3.63) is 23.7 Å². The molecule has 1 aromatic carbocycles. The molecule has 11 heavy (non-hydrogen) atoms. The van der Waals surface area contributed by atoms with E-state index < -0.39 is 41.2 Å². The van der Waals surface area contributed by atoms with Gasteiger partial charge in [0, 0.05) is 0 Å². The van der Waals surface area contributed by atoms with Gasteiger partial charge in [0.05, 0.1) is 9.68 Å². The molecule has 3 N–H and O–H groups in total. The molecule has 1 rings (SSSR count). The first-order valence-electron chi connectivity index (χ1n) is 4.12. The van der Waals surface area contributed by atoms with Crippen LogP contribution in [-0.2, 0) is 0 Å². The van der Waals surface area contributed by atoms with Crippen LogP contribution in [0.3, 0.4) is 0 Å². The molecule has 0 spiro atoms. The zero-order valence-electron chi connectivity index (χ0n) is 8.25. The lowest BCUT2D eigenvalue weighted by Crippen LogP contribution is -1.94. The van der Waals surface area contributed by atoms with Crippen LogP contribution in [0.5, 0.6) is 11.5 Å². The van der Waals surface area contributed by atoms with Crippen molar-refractivity contribution >= 4 is 5.97 Å². The maximum absolute atomic E-state index is 10.5. The largest absolute Gasteiger partial charge is 0.504 e. The van der Waals surface area contributed by atoms with Crippen LogP contribution >= 0.6 is 0 Å². The van der Waals surface area contributed by atoms with Gasteiger partial charge in [-0.05, 0) is 18.1 Å². The first kappa shape index (κ1) is 4.23. The minimum Gasteiger partial charge on any atom is -0.504 e. The second-order valence-electron chi connectivity index (χ2n) is 1.75. The average Bonchev–Trinajstić information content (AvgIpc) is 2.11. The van der Waals surface area contributed by atoms with Gasteiger partial charge in [-0.2, -0.15) is 0 Å². The number of benzene rings is 1. The minimum absolute atomic E-state index is 0.794. The third-order valence-corrected chi connectivity index (χ3v) is 0.987. The standard InChI is InChI=1S/C7H6O4/c8-5-2-1-4(7(10)11)3-6(5)9/h1-3,8-9H,(H,10,11)/i1D,2D,3D. The van der Waals surface area contributed by atoms with Crippen LogP contribution in [0.4, 0.5) is 0 Å². The summed E-state index contributed by atoms with van der Waals surface area (Å²) in [6.07, 6.45) is 0. The molecule has 0 saturated carbocycles. The summed E-state index contributed by atoms with van der Waals surface area (Å²) < 4.78 is 21.3. The Morgan fingerprint density at radius 3 is 2.55 bits per heavy atom. The topological polar surface area (TPSA) is 77.8 Å². The van der Waals surface area contributed by atoms with Crippen molar-refractivity contribution < 1.29 is 24.2 Å². The number of rotatable bonds is 1. The molecule has 0 fully saturated rings. The average molecular weight is 157 g/mol. The van der Waals surface area contributed by atoms with Crippen LogP contribution in [0.2, 0.25) is 0 Å². The molecule has 58 valence electrons. The first-order chi connectivity index (χ1) is 6.37. The van der Waals surface area contributed by atoms with Crippen LogP contribution in [0, 0.1) is 0 Å². The van der Waals surface area contributed by atoms with Crippen LogP contribution in [0.25, 0.3) is 0 Å². The van der Waals surface area contributed by atoms with Crippen molar-refractivity contribution in [1.82, 2.24) is 0 Å². The number of carbonyl (C=O) groups is 1. The molecule has 0 radical (unpaired) electrons. The molecule has 0 saturated heterocycles. The maximum atomic E-state index is 10.5. The Balaban J connectivity index is 3.68. The third kappa shape index (κ3) is 1.40. The van der Waals surface area contributed by atoms with E-state index in [1.165, 1.54) is 0 Å². The van der Waals surface area contributed by atoms with Gasteiger partial charge in [0.1, 0.15) is 0 Å². The lowest BCUT2D eigenvalue weighted by molar-refractivity contribution is 0.0696. The van der Waals surface area contributed by atoms with Gasteiger partial charge in [0.15, 0.2) is 11.5 Å². The normalized spacial score (nSPS) is 13.3. The molecule has 1 aromatic rings. The summed E-state index contributed by atoms with van der Waals surface area (Å²) in [5.41, 5.74) is -0.801. The molecule has 0 aliphatic carbocycles. The summed E-state index contributed by atoms with van der Waals surface area (Å²) in [4.78, 5) is 10.5. The van der Waals surface area contributed by atoms with Gasteiger partial charge >= 0.3 is 5.97 Å². The predicted molar refractivity (Wildman–Crippen MR) is 36.7 cm³/mol. The fourth-order valence-corrected chi connectivity index (χ4v) is 0.497. The summed E-state index contributed by atoms with van der Waals surface area (Å²) in [6, 6.07) is -2.47. The summed E-state index contributed by atoms with van der Waals surface area (Å²) in [7, 11) is 0. The Morgan fingerprint density at radius 1 is 1.36 bits per heavy atom. The maximum Gasteiger partial charge on any atom is 0.335 e. The lowest BCUT2D eigenvalue weighted by Gasteiger charge is -1.97. The summed E-state index contributed by atoms with van der Waals surface area (Å²) in [6.45, 7) is 0. The van der Waals surface area contributed by atoms with E-state index in [4.69, 9.17) is 19.4 Å². The third-order valence-electron chi connectivity index (χ3n) is 0.987. The second kappa shape index (κ2) is 2.49. The highest BCUT2D eigenvalue weighted by Gasteiger charge is 2.05. The minimum atomic E-state index is -1.59. The van der Waals surface area contributed by atoms with Crippen LogP contribution in [-0.4, -0.2) is 21.3 Å². The Labute approximate surface area is 66.6 Å². The van der Waals surface area contributed by atoms with E-state index >= 15 is 0 Å². The Bertz CT molecular complexity index is 387. The van der Waals surface area contributed by atoms with Gasteiger partial charge in [0.2, 0.25) is 0 Å². The second-order valence-corrected chi connectivity index (χ2v) is 1.75. The number of hydrogen-bond acceptors (Lipinski definition) is 3. The van der Waals surface area contributed by atoms with Crippen molar-refractivity contribution in [2.45, 2.75) is 0 Å². The molecule has 0 aliphatic rings. The van der Waals surface area contributed by atoms with E-state index in [2.05, 4.69) is 0 Å². The van der Waals surface area contributed by atoms with Crippen molar-refractivity contribution in [2.75, 3.05) is 0 Å². The predicted octanol–water partition coefficient (Wildman–Crippen LogP) is 0.796. The number of aromatic hydroxyl groups is 2. The van der Waals surface area contributed by atoms with Gasteiger partial charge in [-0.3, -0.25) is 0 Å². The number of carboxylic acids is 1. The fraction of sp³-hybridized carbons (Fsp3) is 0. The van der Waals surface area contributed by atoms with E-state index in [9.17, 15) is 4.79 Å². The zero-order chi connectivity index (χ0) is 11.0. The van der Waals surface area contributed by atoms with E-state index in [0.29, 0.717) is 0 Å². The smallest absolute Gasteiger partial charge is 0.335 e. The van der Waals surface area contributed by atoms with Gasteiger partial charge in [-0.1, -0.05) is 0 Å². The number of phenols is 2. The van der Waals surface area contributed by atoms with Gasteiger partial charge in [0.25, 0.3) is 0 Å². The number of carboxylic acid groups (broad SMARTS) is 1. The summed E-state index contributed by atoms with van der Waals surface area (Å²) >= 11 is 0. The van der Waals surface area contributed by atoms with Gasteiger partial charge < -0.3 is 15.3 Å². The quantitative estimate of drug-likeness (QED) is 0.527. The zero-order valence-corrected chi connectivity index (χ0v) is 5.25. The Kier molecular flexibility index (Phi) is 0.958. The summed E-state index contributed by atoms with van der Waals surface area (Å²) in [5.74, 6) is -3.54. The van der Waals surface area contributed by atoms with Crippen molar-refractivity contribution in [3.8, 4) is 11.5 Å². The van der Waals surface area contributed by atoms with E-state index in [1.54, 1.807) is 0 Å². The monoisotopic (exact) mass is 157 g/mol. The molecule has 0 aliphatic heterocycles. The Hall–Kier alpha value is -1.71. The highest BCUT2D eigenvalue weighted by Crippen LogP contribution is 2.24. The molecule has 0 unspecified atom stereocenters. The number of hydrogen-bond donors (Lipinski definition) is 3. The van der Waals surface area contributed by atoms with Crippen LogP contribution in [0.15, 0.2) is 18.1 Å². The number of phenolic OH excluding ortho intramolecular Hbond substituents is 2. The van der Waals surface area contributed by atoms with E-state index in [1.807, 2.05) is 0 Å². The van der Waals surface area contributed by atoms with Crippen molar-refractivity contribution in [1.29, 1.82) is 0 Å². The number of aromatic carboxylic acids is 1. The van der Waals surface area contributed by atoms with E-state index in [-0.39, 0.29) is 0 Å². The molecule has 4 nitrogen and oxygen atoms in total. The first-order valence-corrected chi connectivity index (χ1v) is 2.62. The highest BCUT2D eigenvalue weighted by molar-refractivity contribution is 5.88. The highest BCUT2D eigenvalue weighted by atomic mass is 16.4. The van der Waals surface area contributed by atoms with Gasteiger partial charge in [-0.25, -0.2) is 4.79 Å². The SMILES string of the molecule is [2H]c1c([2H])c(C(=O)O)c([2H])c(O)c1O. The molecule has 4 heteroatoms. The summed E-state index contributed by atoms with van der Waals surface area (Å²) in [5, 5.41) is 26.6. The van der Waals surface area contributed by atoms with Gasteiger partial charge in [-0.15, -0.1) is 0 Å². The molecule has 0 amide bonds. The van der Waals surface area contributed by atoms with Crippen LogP contribution < -0.4 is 0 Å². The molecule has 0 bridgehead atoms. The van der Waals surface area contributed by atoms with Crippen molar-refractivity contribution in [2.24, 2.45) is 0 Å². The van der Waals surface area contributed by atoms with Crippen molar-refractivity contribution in [3.63, 3.8) is 0 Å². The molecular formula is C7H6O4. The molecule has 0 aromatic heterocycles. The Morgan fingerprint density at radius 2 is 2.00 bits per heavy atom. The van der Waals surface area contributed by atoms with E-state index in [0.717, 1.165) is 0 Å². The van der Waals surface area contributed by atoms with Crippen LogP contribution in [0.1, 0.15) is 14.5 Å².